The number of carbonyl (C=O) groups is 2. The van der Waals surface area contributed by atoms with E-state index in [-0.39, 0.29) is 18.1 Å². The van der Waals surface area contributed by atoms with Crippen molar-refractivity contribution >= 4 is 34.2 Å². The van der Waals surface area contributed by atoms with Crippen LogP contribution in [0.3, 0.4) is 0 Å². The highest BCUT2D eigenvalue weighted by Gasteiger charge is 2.35. The molecule has 4 aromatic rings. The number of carbonyl (C=O) groups excluding carboxylic acids is 2. The Labute approximate surface area is 223 Å². The van der Waals surface area contributed by atoms with Crippen molar-refractivity contribution < 1.29 is 22.8 Å². The molecule has 7 nitrogen and oxygen atoms in total. The van der Waals surface area contributed by atoms with Gasteiger partial charge in [0.05, 0.1) is 16.6 Å². The summed E-state index contributed by atoms with van der Waals surface area (Å²) in [7, 11) is 1.72. The minimum Gasteiger partial charge on any atom is -0.373 e. The Hall–Kier alpha value is -4.47. The predicted octanol–water partition coefficient (Wildman–Crippen LogP) is 6.27. The van der Waals surface area contributed by atoms with Gasteiger partial charge in [-0.05, 0) is 35.9 Å². The maximum Gasteiger partial charge on any atom is 0.417 e. The van der Waals surface area contributed by atoms with Crippen molar-refractivity contribution in [3.63, 3.8) is 0 Å². The molecule has 0 aliphatic carbocycles. The van der Waals surface area contributed by atoms with Crippen LogP contribution in [0.25, 0.3) is 22.3 Å². The highest BCUT2D eigenvalue weighted by molar-refractivity contribution is 6.06. The summed E-state index contributed by atoms with van der Waals surface area (Å²) in [4.78, 5) is 34.5. The zero-order valence-corrected chi connectivity index (χ0v) is 21.9. The molecular weight excluding hydrogens is 507 g/mol. The summed E-state index contributed by atoms with van der Waals surface area (Å²) in [5.74, 6) is -0.166. The van der Waals surface area contributed by atoms with Gasteiger partial charge < -0.3 is 16.0 Å². The van der Waals surface area contributed by atoms with E-state index in [0.717, 1.165) is 17.7 Å². The van der Waals surface area contributed by atoms with E-state index in [9.17, 15) is 22.8 Å². The quantitative estimate of drug-likeness (QED) is 0.270. The molecule has 0 saturated heterocycles. The number of amides is 2. The maximum absolute atomic E-state index is 13.8. The molecule has 4 rings (SSSR count). The number of hydrogen-bond acceptors (Lipinski definition) is 5. The molecule has 0 aliphatic heterocycles. The average Bonchev–Trinajstić information content (AvgIpc) is 2.90. The molecule has 0 spiro atoms. The summed E-state index contributed by atoms with van der Waals surface area (Å²) in [6.45, 7) is 5.16. The number of hydrogen-bond donors (Lipinski definition) is 3. The molecule has 1 aromatic heterocycles. The lowest BCUT2D eigenvalue weighted by Gasteiger charge is -2.19. The van der Waals surface area contributed by atoms with E-state index >= 15 is 0 Å². The van der Waals surface area contributed by atoms with Crippen LogP contribution in [0.15, 0.2) is 66.7 Å². The number of aromatic nitrogens is 2. The Morgan fingerprint density at radius 1 is 0.897 bits per heavy atom. The van der Waals surface area contributed by atoms with Crippen molar-refractivity contribution in [2.24, 2.45) is 5.41 Å². The maximum atomic E-state index is 13.8. The summed E-state index contributed by atoms with van der Waals surface area (Å²) in [6.07, 6.45) is -4.75. The monoisotopic (exact) mass is 535 g/mol. The first-order valence-electron chi connectivity index (χ1n) is 12.2. The van der Waals surface area contributed by atoms with Crippen LogP contribution in [0.4, 0.5) is 24.7 Å². The Balaban J connectivity index is 1.66. The molecule has 3 N–H and O–H groups in total. The minimum atomic E-state index is -4.75. The van der Waals surface area contributed by atoms with Crippen LogP contribution in [-0.2, 0) is 17.5 Å². The second kappa shape index (κ2) is 10.7. The average molecular weight is 536 g/mol. The lowest BCUT2D eigenvalue weighted by Crippen LogP contribution is -2.34. The van der Waals surface area contributed by atoms with Gasteiger partial charge in [-0.1, -0.05) is 57.2 Å². The summed E-state index contributed by atoms with van der Waals surface area (Å²) < 4.78 is 41.3. The number of fused-ring (bicyclic) bond motifs is 1. The number of alkyl halides is 3. The summed E-state index contributed by atoms with van der Waals surface area (Å²) >= 11 is 0. The van der Waals surface area contributed by atoms with Gasteiger partial charge in [-0.2, -0.15) is 13.2 Å². The third-order valence-electron chi connectivity index (χ3n) is 5.99. The zero-order chi connectivity index (χ0) is 28.4. The van der Waals surface area contributed by atoms with Gasteiger partial charge in [-0.25, -0.2) is 9.97 Å². The van der Waals surface area contributed by atoms with Crippen molar-refractivity contribution in [1.29, 1.82) is 0 Å². The van der Waals surface area contributed by atoms with Crippen LogP contribution in [0, 0.1) is 5.41 Å². The first-order chi connectivity index (χ1) is 18.4. The standard InChI is InChI=1S/C29H28F3N5O2/c1-28(2,3)27(39)34-16-17-10-13-22(29(30,31)32)21(14-17)26(38)35-19-11-12-20-23(15-19)36-24(37-25(20)33-4)18-8-6-5-7-9-18/h5-15H,16H2,1-4H3,(H,34,39)(H,35,38)(H,33,36,37). The van der Waals surface area contributed by atoms with Gasteiger partial charge in [0, 0.05) is 35.6 Å². The fourth-order valence-corrected chi connectivity index (χ4v) is 3.90. The van der Waals surface area contributed by atoms with Gasteiger partial charge in [0.1, 0.15) is 5.82 Å². The Morgan fingerprint density at radius 3 is 2.26 bits per heavy atom. The molecule has 0 unspecified atom stereocenters. The fourth-order valence-electron chi connectivity index (χ4n) is 3.90. The summed E-state index contributed by atoms with van der Waals surface area (Å²) in [6, 6.07) is 17.4. The van der Waals surface area contributed by atoms with E-state index in [1.807, 2.05) is 30.3 Å². The normalized spacial score (nSPS) is 11.8. The summed E-state index contributed by atoms with van der Waals surface area (Å²) in [5.41, 5.74) is -0.364. The third kappa shape index (κ3) is 6.34. The number of halogens is 3. The molecule has 3 aromatic carbocycles. The smallest absolute Gasteiger partial charge is 0.373 e. The molecule has 0 radical (unpaired) electrons. The molecule has 39 heavy (non-hydrogen) atoms. The number of nitrogens with one attached hydrogen (secondary N) is 3. The molecule has 0 bridgehead atoms. The number of benzene rings is 3. The van der Waals surface area contributed by atoms with Crippen molar-refractivity contribution in [3.05, 3.63) is 83.4 Å². The number of rotatable bonds is 6. The van der Waals surface area contributed by atoms with E-state index in [1.165, 1.54) is 6.07 Å². The highest BCUT2D eigenvalue weighted by Crippen LogP contribution is 2.33. The molecule has 202 valence electrons. The largest absolute Gasteiger partial charge is 0.417 e. The lowest BCUT2D eigenvalue weighted by atomic mass is 9.95. The van der Waals surface area contributed by atoms with Crippen LogP contribution >= 0.6 is 0 Å². The molecular formula is C29H28F3N5O2. The van der Waals surface area contributed by atoms with Crippen molar-refractivity contribution in [1.82, 2.24) is 15.3 Å². The van der Waals surface area contributed by atoms with Crippen LogP contribution in [-0.4, -0.2) is 28.8 Å². The van der Waals surface area contributed by atoms with Gasteiger partial charge in [-0.3, -0.25) is 9.59 Å². The number of nitrogens with zero attached hydrogens (tertiary/aromatic N) is 2. The van der Waals surface area contributed by atoms with Gasteiger partial charge in [-0.15, -0.1) is 0 Å². The van der Waals surface area contributed by atoms with Gasteiger partial charge in [0.15, 0.2) is 5.82 Å². The van der Waals surface area contributed by atoms with Crippen molar-refractivity contribution in [2.45, 2.75) is 33.5 Å². The lowest BCUT2D eigenvalue weighted by molar-refractivity contribution is -0.138. The van der Waals surface area contributed by atoms with E-state index in [0.29, 0.717) is 28.1 Å². The van der Waals surface area contributed by atoms with Gasteiger partial charge in [0.25, 0.3) is 5.91 Å². The van der Waals surface area contributed by atoms with Crippen LogP contribution in [0.5, 0.6) is 0 Å². The molecule has 0 aliphatic rings. The van der Waals surface area contributed by atoms with Gasteiger partial charge >= 0.3 is 6.18 Å². The summed E-state index contributed by atoms with van der Waals surface area (Å²) in [5, 5.41) is 8.97. The topological polar surface area (TPSA) is 96.0 Å². The SMILES string of the molecule is CNc1nc(-c2ccccc2)nc2cc(NC(=O)c3cc(CNC(=O)C(C)(C)C)ccc3C(F)(F)F)ccc12. The van der Waals surface area contributed by atoms with Crippen LogP contribution in [0.1, 0.15) is 42.3 Å². The number of anilines is 2. The van der Waals surface area contributed by atoms with Crippen molar-refractivity contribution in [3.8, 4) is 11.4 Å². The highest BCUT2D eigenvalue weighted by atomic mass is 19.4. The Morgan fingerprint density at radius 2 is 1.62 bits per heavy atom. The molecule has 0 atom stereocenters. The predicted molar refractivity (Wildman–Crippen MR) is 145 cm³/mol. The molecule has 1 heterocycles. The molecule has 2 amide bonds. The van der Waals surface area contributed by atoms with E-state index in [2.05, 4.69) is 25.9 Å². The first-order valence-corrected chi connectivity index (χ1v) is 12.2. The first kappa shape index (κ1) is 27.6. The van der Waals surface area contributed by atoms with Crippen molar-refractivity contribution in [2.75, 3.05) is 17.7 Å². The van der Waals surface area contributed by atoms with E-state index in [4.69, 9.17) is 0 Å². The minimum absolute atomic E-state index is 0.0174. The van der Waals surface area contributed by atoms with E-state index < -0.39 is 28.6 Å². The van der Waals surface area contributed by atoms with Gasteiger partial charge in [0.2, 0.25) is 5.91 Å². The zero-order valence-electron chi connectivity index (χ0n) is 21.9. The van der Waals surface area contributed by atoms with E-state index in [1.54, 1.807) is 46.0 Å². The van der Waals surface area contributed by atoms with Crippen LogP contribution in [0.2, 0.25) is 0 Å². The Bertz CT molecular complexity index is 1530. The third-order valence-corrected chi connectivity index (χ3v) is 5.99. The van der Waals surface area contributed by atoms with Crippen LogP contribution < -0.4 is 16.0 Å². The molecule has 0 saturated carbocycles. The Kier molecular flexibility index (Phi) is 7.58. The molecule has 10 heteroatoms. The fraction of sp³-hybridized carbons (Fsp3) is 0.241. The molecule has 0 fully saturated rings. The second-order valence-corrected chi connectivity index (χ2v) is 10.0. The second-order valence-electron chi connectivity index (χ2n) is 10.0.